The van der Waals surface area contributed by atoms with Crippen LogP contribution in [0.4, 0.5) is 11.4 Å². The molecule has 0 unspecified atom stereocenters. The molecule has 0 bridgehead atoms. The van der Waals surface area contributed by atoms with Crippen molar-refractivity contribution >= 4 is 90.1 Å². The van der Waals surface area contributed by atoms with Crippen LogP contribution in [0.1, 0.15) is 11.5 Å². The van der Waals surface area contributed by atoms with E-state index in [1.807, 2.05) is 182 Å². The first-order chi connectivity index (χ1) is 25.4. The van der Waals surface area contributed by atoms with Gasteiger partial charge in [-0.1, -0.05) is 121 Å². The molecule has 7 aromatic rings. The van der Waals surface area contributed by atoms with E-state index >= 15 is 0 Å². The Morgan fingerprint density at radius 3 is 0.923 bits per heavy atom. The van der Waals surface area contributed by atoms with Gasteiger partial charge in [-0.15, -0.1) is 0 Å². The Morgan fingerprint density at radius 1 is 0.404 bits per heavy atom. The number of furan rings is 1. The predicted molar refractivity (Wildman–Crippen MR) is 217 cm³/mol. The van der Waals surface area contributed by atoms with Crippen molar-refractivity contribution in [3.63, 3.8) is 0 Å². The summed E-state index contributed by atoms with van der Waals surface area (Å²) >= 11 is 0.194. The van der Waals surface area contributed by atoms with Gasteiger partial charge in [-0.25, -0.2) is 0 Å². The molecule has 0 aliphatic heterocycles. The number of halogens is 2. The van der Waals surface area contributed by atoms with Gasteiger partial charge in [0, 0.05) is 31.8 Å². The minimum absolute atomic E-state index is 0.194. The monoisotopic (exact) mass is 800 g/mol. The fourth-order valence-corrected chi connectivity index (χ4v) is 11.0. The standard InChI is InChI=1S/C42H32N2O3P2.2ClH.Fe/c45-48(37-13-5-1-6-14-37,38-15-7-2-8-16-38)41-27-21-33(22-28-41)43-31-35-25-26-36(47-35)32-44-34-23-29-42(30-24-34)49(46,39-17-9-3-10-18-39)40-19-11-4-12-20-40;;;/h1-32H;2*1H;/q;;;+2/p-2. The first-order valence-corrected chi connectivity index (χ1v) is 22.6. The van der Waals surface area contributed by atoms with Crippen LogP contribution in [0.15, 0.2) is 196 Å². The van der Waals surface area contributed by atoms with Crippen LogP contribution in [0, 0.1) is 0 Å². The fourth-order valence-electron chi connectivity index (χ4n) is 5.73. The summed E-state index contributed by atoms with van der Waals surface area (Å²) in [4.78, 5) is 9.16. The van der Waals surface area contributed by atoms with Crippen LogP contribution in [-0.2, 0) is 22.3 Å². The second-order valence-electron chi connectivity index (χ2n) is 11.4. The summed E-state index contributed by atoms with van der Waals surface area (Å²) in [7, 11) is 3.44. The fraction of sp³-hybridized carbons (Fsp3) is 0. The molecule has 5 nitrogen and oxygen atoms in total. The maximum atomic E-state index is 14.6. The molecule has 0 aliphatic carbocycles. The van der Waals surface area contributed by atoms with Crippen molar-refractivity contribution in [1.29, 1.82) is 0 Å². The third kappa shape index (κ3) is 8.58. The molecule has 0 saturated carbocycles. The Balaban J connectivity index is 0.00000150. The summed E-state index contributed by atoms with van der Waals surface area (Å²) in [5.41, 5.74) is 1.43. The molecule has 0 radical (unpaired) electrons. The maximum absolute atomic E-state index is 14.6. The van der Waals surface area contributed by atoms with Gasteiger partial charge in [0.15, 0.2) is 14.3 Å². The van der Waals surface area contributed by atoms with Crippen molar-refractivity contribution < 1.29 is 26.7 Å². The molecule has 0 aliphatic rings. The molecule has 0 saturated heterocycles. The van der Waals surface area contributed by atoms with Gasteiger partial charge in [-0.2, -0.15) is 0 Å². The minimum atomic E-state index is -3.04. The van der Waals surface area contributed by atoms with E-state index in [9.17, 15) is 9.13 Å². The number of hydrogen-bond acceptors (Lipinski definition) is 5. The average Bonchev–Trinajstić information content (AvgIpc) is 3.68. The molecule has 0 atom stereocenters. The zero-order valence-corrected chi connectivity index (χ0v) is 32.0. The Morgan fingerprint density at radius 2 is 0.654 bits per heavy atom. The van der Waals surface area contributed by atoms with Crippen LogP contribution >= 0.6 is 34.5 Å². The van der Waals surface area contributed by atoms with Crippen molar-refractivity contribution in [2.24, 2.45) is 9.98 Å². The van der Waals surface area contributed by atoms with E-state index in [-0.39, 0.29) is 13.1 Å². The van der Waals surface area contributed by atoms with Gasteiger partial charge < -0.3 is 13.5 Å². The summed E-state index contributed by atoms with van der Waals surface area (Å²) in [6.45, 7) is 0. The van der Waals surface area contributed by atoms with Crippen molar-refractivity contribution in [2.45, 2.75) is 0 Å². The van der Waals surface area contributed by atoms with Crippen molar-refractivity contribution in [3.05, 3.63) is 194 Å². The molecular weight excluding hydrogens is 769 g/mol. The van der Waals surface area contributed by atoms with Crippen molar-refractivity contribution in [2.75, 3.05) is 0 Å². The summed E-state index contributed by atoms with van der Waals surface area (Å²) in [6.07, 6.45) is 3.31. The van der Waals surface area contributed by atoms with Crippen LogP contribution in [0.2, 0.25) is 0 Å². The van der Waals surface area contributed by atoms with Gasteiger partial charge in [0.2, 0.25) is 0 Å². The molecule has 0 amide bonds. The normalized spacial score (nSPS) is 11.8. The molecular formula is C42H32Cl2FeN2O3P2. The molecule has 6 aromatic carbocycles. The van der Waals surface area contributed by atoms with Gasteiger partial charge in [0.1, 0.15) is 11.5 Å². The van der Waals surface area contributed by atoms with Gasteiger partial charge in [-0.05, 0) is 60.7 Å². The summed E-state index contributed by atoms with van der Waals surface area (Å²) in [6, 6.07) is 57.1. The average molecular weight is 801 g/mol. The second-order valence-corrected chi connectivity index (χ2v) is 18.8. The third-order valence-electron chi connectivity index (χ3n) is 8.24. The van der Waals surface area contributed by atoms with Crippen LogP contribution in [0.5, 0.6) is 0 Å². The quantitative estimate of drug-likeness (QED) is 0.0787. The molecule has 1 heterocycles. The van der Waals surface area contributed by atoms with E-state index in [1.54, 1.807) is 12.4 Å². The third-order valence-corrected chi connectivity index (χ3v) is 14.4. The number of benzene rings is 6. The van der Waals surface area contributed by atoms with Crippen LogP contribution in [0.25, 0.3) is 0 Å². The molecule has 0 spiro atoms. The van der Waals surface area contributed by atoms with E-state index in [0.717, 1.165) is 31.8 Å². The SMILES string of the molecule is O=P(c1ccccc1)(c1ccccc1)c1ccc(N=Cc2ccc(C=Nc3ccc(P(=O)(c4ccccc4)c4ccccc4)cc3)o2)cc1.[Cl][Fe][Cl]. The zero-order chi connectivity index (χ0) is 36.2. The molecule has 7 rings (SSSR count). The molecule has 52 heavy (non-hydrogen) atoms. The Kier molecular flexibility index (Phi) is 12.8. The van der Waals surface area contributed by atoms with Gasteiger partial charge in [0.25, 0.3) is 0 Å². The van der Waals surface area contributed by atoms with E-state index in [0.29, 0.717) is 22.9 Å². The first kappa shape index (κ1) is 37.3. The zero-order valence-electron chi connectivity index (χ0n) is 27.6. The molecule has 1 aromatic heterocycles. The van der Waals surface area contributed by atoms with Crippen molar-refractivity contribution in [3.8, 4) is 0 Å². The van der Waals surface area contributed by atoms with E-state index < -0.39 is 14.3 Å². The Hall–Kier alpha value is -4.50. The molecule has 260 valence electrons. The topological polar surface area (TPSA) is 72.0 Å². The number of nitrogens with zero attached hydrogens (tertiary/aromatic N) is 2. The molecule has 0 fully saturated rings. The Labute approximate surface area is 318 Å². The van der Waals surface area contributed by atoms with Crippen molar-refractivity contribution in [1.82, 2.24) is 0 Å². The number of aliphatic imine (C=N–C) groups is 2. The van der Waals surface area contributed by atoms with E-state index in [4.69, 9.17) is 24.6 Å². The molecule has 0 N–H and O–H groups in total. The Bertz CT molecular complexity index is 2090. The van der Waals surface area contributed by atoms with E-state index in [1.165, 1.54) is 0 Å². The first-order valence-electron chi connectivity index (χ1n) is 16.1. The van der Waals surface area contributed by atoms with Crippen LogP contribution < -0.4 is 31.8 Å². The predicted octanol–water partition coefficient (Wildman–Crippen LogP) is 9.44. The van der Waals surface area contributed by atoms with Crippen LogP contribution in [-0.4, -0.2) is 12.4 Å². The van der Waals surface area contributed by atoms with Gasteiger partial charge >= 0.3 is 33.3 Å². The second kappa shape index (κ2) is 17.8. The molecule has 10 heteroatoms. The summed E-state index contributed by atoms with van der Waals surface area (Å²) in [5.74, 6) is 1.15. The van der Waals surface area contributed by atoms with E-state index in [2.05, 4.69) is 9.98 Å². The summed E-state index contributed by atoms with van der Waals surface area (Å²) < 4.78 is 35.1. The van der Waals surface area contributed by atoms with Gasteiger partial charge in [-0.3, -0.25) is 9.98 Å². The number of rotatable bonds is 10. The number of hydrogen-bond donors (Lipinski definition) is 0. The van der Waals surface area contributed by atoms with Gasteiger partial charge in [0.05, 0.1) is 23.8 Å². The summed E-state index contributed by atoms with van der Waals surface area (Å²) in [5, 5.41) is 4.65. The van der Waals surface area contributed by atoms with Crippen LogP contribution in [0.3, 0.4) is 0 Å².